The molecule has 3 saturated carbocycles. The Morgan fingerprint density at radius 1 is 0.967 bits per heavy atom. The van der Waals surface area contributed by atoms with Gasteiger partial charge in [0.15, 0.2) is 0 Å². The summed E-state index contributed by atoms with van der Waals surface area (Å²) in [4.78, 5) is 11.6. The van der Waals surface area contributed by atoms with Gasteiger partial charge in [-0.2, -0.15) is 0 Å². The van der Waals surface area contributed by atoms with E-state index in [4.69, 9.17) is 9.47 Å². The average Bonchev–Trinajstić information content (AvgIpc) is 2.98. The SMILES string of the molecule is CC1(C)CCC[C@]2(C)[C@H]3CC[C@@]4(O)CO[C@H](C5=CC(=O)O[C@@H]5O)C[C@H]4[C@]3(C)CC[C@@H]12. The van der Waals surface area contributed by atoms with Crippen molar-refractivity contribution in [3.8, 4) is 0 Å². The predicted molar refractivity (Wildman–Crippen MR) is 112 cm³/mol. The standard InChI is InChI=1S/C25H38O5/c1-22(2)8-5-9-23(3)17(22)6-10-24(4)18(23)7-11-25(28)14-29-16(13-19(24)25)15-12-20(26)30-21(15)27/h12,16-19,21,27-28H,5-11,13-14H2,1-4H3/t16-,17-,18+,19-,21-,23-,24+,25+/m0/s1. The van der Waals surface area contributed by atoms with E-state index in [0.29, 0.717) is 28.7 Å². The summed E-state index contributed by atoms with van der Waals surface area (Å²) in [5.74, 6) is 0.929. The molecule has 5 aliphatic rings. The van der Waals surface area contributed by atoms with Gasteiger partial charge in [0.25, 0.3) is 0 Å². The molecule has 8 atom stereocenters. The van der Waals surface area contributed by atoms with Crippen molar-refractivity contribution in [2.24, 2.45) is 34.0 Å². The zero-order valence-corrected chi connectivity index (χ0v) is 18.9. The molecule has 30 heavy (non-hydrogen) atoms. The Hall–Kier alpha value is -0.910. The van der Waals surface area contributed by atoms with Crippen molar-refractivity contribution in [1.82, 2.24) is 0 Å². The molecule has 5 rings (SSSR count). The van der Waals surface area contributed by atoms with E-state index in [1.807, 2.05) is 0 Å². The van der Waals surface area contributed by atoms with Gasteiger partial charge in [-0.3, -0.25) is 0 Å². The van der Waals surface area contributed by atoms with Gasteiger partial charge in [0.1, 0.15) is 0 Å². The van der Waals surface area contributed by atoms with Crippen LogP contribution < -0.4 is 0 Å². The van der Waals surface area contributed by atoms with Gasteiger partial charge in [-0.15, -0.1) is 0 Å². The third-order valence-electron chi connectivity index (χ3n) is 10.3. The molecule has 0 amide bonds. The van der Waals surface area contributed by atoms with E-state index in [-0.39, 0.29) is 24.0 Å². The Kier molecular flexibility index (Phi) is 4.58. The molecule has 1 saturated heterocycles. The third-order valence-corrected chi connectivity index (χ3v) is 10.3. The Morgan fingerprint density at radius 3 is 2.37 bits per heavy atom. The van der Waals surface area contributed by atoms with E-state index in [2.05, 4.69) is 27.7 Å². The van der Waals surface area contributed by atoms with Crippen LogP contribution in [0.2, 0.25) is 0 Å². The highest BCUT2D eigenvalue weighted by molar-refractivity contribution is 5.85. The van der Waals surface area contributed by atoms with Crippen LogP contribution in [0.25, 0.3) is 0 Å². The second-order valence-electron chi connectivity index (χ2n) is 12.2. The normalized spacial score (nSPS) is 52.5. The first-order chi connectivity index (χ1) is 14.0. The third kappa shape index (κ3) is 2.80. The summed E-state index contributed by atoms with van der Waals surface area (Å²) in [7, 11) is 0. The molecule has 5 nitrogen and oxygen atoms in total. The number of fused-ring (bicyclic) bond motifs is 5. The molecular weight excluding hydrogens is 380 g/mol. The van der Waals surface area contributed by atoms with Crippen molar-refractivity contribution in [2.45, 2.75) is 97.1 Å². The summed E-state index contributed by atoms with van der Waals surface area (Å²) >= 11 is 0. The quantitative estimate of drug-likeness (QED) is 0.630. The number of hydrogen-bond donors (Lipinski definition) is 2. The maximum Gasteiger partial charge on any atom is 0.333 e. The Morgan fingerprint density at radius 2 is 1.67 bits per heavy atom. The van der Waals surface area contributed by atoms with Gasteiger partial charge in [0, 0.05) is 11.6 Å². The zero-order chi connectivity index (χ0) is 21.5. The number of ether oxygens (including phenoxy) is 2. The summed E-state index contributed by atoms with van der Waals surface area (Å²) in [5, 5.41) is 21.8. The number of aliphatic hydroxyl groups excluding tert-OH is 1. The zero-order valence-electron chi connectivity index (χ0n) is 18.9. The summed E-state index contributed by atoms with van der Waals surface area (Å²) < 4.78 is 10.9. The second-order valence-corrected chi connectivity index (χ2v) is 12.2. The van der Waals surface area contributed by atoms with Crippen LogP contribution in [0.4, 0.5) is 0 Å². The van der Waals surface area contributed by atoms with Crippen molar-refractivity contribution < 1.29 is 24.5 Å². The lowest BCUT2D eigenvalue weighted by atomic mass is 9.37. The van der Waals surface area contributed by atoms with Gasteiger partial charge in [-0.25, -0.2) is 4.79 Å². The molecule has 5 heteroatoms. The van der Waals surface area contributed by atoms with Crippen LogP contribution in [-0.2, 0) is 14.3 Å². The predicted octanol–water partition coefficient (Wildman–Crippen LogP) is 3.97. The summed E-state index contributed by atoms with van der Waals surface area (Å²) in [6, 6.07) is 0. The molecule has 2 N–H and O–H groups in total. The van der Waals surface area contributed by atoms with Gasteiger partial charge in [-0.1, -0.05) is 34.1 Å². The minimum absolute atomic E-state index is 0.0443. The number of carbonyl (C=O) groups excluding carboxylic acids is 1. The monoisotopic (exact) mass is 418 g/mol. The lowest BCUT2D eigenvalue weighted by Crippen LogP contribution is -2.66. The molecule has 0 unspecified atom stereocenters. The smallest absolute Gasteiger partial charge is 0.333 e. The minimum atomic E-state index is -1.21. The van der Waals surface area contributed by atoms with E-state index in [1.54, 1.807) is 0 Å². The maximum absolute atomic E-state index is 11.7. The van der Waals surface area contributed by atoms with Crippen LogP contribution in [0.15, 0.2) is 11.6 Å². The molecule has 4 fully saturated rings. The first-order valence-electron chi connectivity index (χ1n) is 11.9. The highest BCUT2D eigenvalue weighted by atomic mass is 16.6. The lowest BCUT2D eigenvalue weighted by Gasteiger charge is -2.68. The number of cyclic esters (lactones) is 1. The molecule has 0 aromatic rings. The van der Waals surface area contributed by atoms with Crippen molar-refractivity contribution in [3.05, 3.63) is 11.6 Å². The highest BCUT2D eigenvalue weighted by Crippen LogP contribution is 2.70. The van der Waals surface area contributed by atoms with E-state index in [9.17, 15) is 15.0 Å². The molecular formula is C25H38O5. The first-order valence-corrected chi connectivity index (χ1v) is 11.9. The van der Waals surface area contributed by atoms with E-state index < -0.39 is 17.9 Å². The lowest BCUT2D eigenvalue weighted by molar-refractivity contribution is -0.255. The molecule has 3 aliphatic carbocycles. The Bertz CT molecular complexity index is 774. The van der Waals surface area contributed by atoms with Crippen LogP contribution in [0.5, 0.6) is 0 Å². The number of hydrogen-bond acceptors (Lipinski definition) is 5. The maximum atomic E-state index is 11.7. The summed E-state index contributed by atoms with van der Waals surface area (Å²) in [5.41, 5.74) is 0.449. The molecule has 2 aliphatic heterocycles. The van der Waals surface area contributed by atoms with Gasteiger partial charge >= 0.3 is 5.97 Å². The molecule has 0 radical (unpaired) electrons. The second kappa shape index (κ2) is 6.55. The Labute approximate surface area is 180 Å². The molecule has 0 spiro atoms. The number of carbonyl (C=O) groups is 1. The van der Waals surface area contributed by atoms with E-state index in [1.165, 1.54) is 31.8 Å². The first kappa shape index (κ1) is 21.0. The number of rotatable bonds is 1. The topological polar surface area (TPSA) is 76.0 Å². The van der Waals surface area contributed by atoms with E-state index >= 15 is 0 Å². The number of aliphatic hydroxyl groups is 2. The molecule has 168 valence electrons. The minimum Gasteiger partial charge on any atom is -0.429 e. The van der Waals surface area contributed by atoms with Crippen LogP contribution in [0, 0.1) is 34.0 Å². The average molecular weight is 419 g/mol. The summed E-state index contributed by atoms with van der Waals surface area (Å²) in [6.45, 7) is 10.2. The molecule has 0 aromatic carbocycles. The van der Waals surface area contributed by atoms with E-state index in [0.717, 1.165) is 25.2 Å². The molecule has 2 heterocycles. The van der Waals surface area contributed by atoms with Gasteiger partial charge < -0.3 is 19.7 Å². The van der Waals surface area contributed by atoms with Crippen LogP contribution >= 0.6 is 0 Å². The van der Waals surface area contributed by atoms with Crippen molar-refractivity contribution in [1.29, 1.82) is 0 Å². The highest BCUT2D eigenvalue weighted by Gasteiger charge is 2.66. The van der Waals surface area contributed by atoms with Crippen molar-refractivity contribution >= 4 is 5.97 Å². The van der Waals surface area contributed by atoms with Crippen molar-refractivity contribution in [2.75, 3.05) is 6.61 Å². The van der Waals surface area contributed by atoms with Crippen LogP contribution in [0.1, 0.15) is 79.1 Å². The van der Waals surface area contributed by atoms with Gasteiger partial charge in [-0.05, 0) is 78.9 Å². The molecule has 0 bridgehead atoms. The fourth-order valence-electron chi connectivity index (χ4n) is 9.04. The fraction of sp³-hybridized carbons (Fsp3) is 0.880. The fourth-order valence-corrected chi connectivity index (χ4v) is 9.04. The summed E-state index contributed by atoms with van der Waals surface area (Å²) in [6.07, 6.45) is 8.56. The number of esters is 1. The largest absolute Gasteiger partial charge is 0.429 e. The van der Waals surface area contributed by atoms with Gasteiger partial charge in [0.2, 0.25) is 6.29 Å². The molecule has 0 aromatic heterocycles. The van der Waals surface area contributed by atoms with Crippen LogP contribution in [0.3, 0.4) is 0 Å². The van der Waals surface area contributed by atoms with Gasteiger partial charge in [0.05, 0.1) is 18.3 Å². The van der Waals surface area contributed by atoms with Crippen LogP contribution in [-0.4, -0.2) is 40.8 Å². The van der Waals surface area contributed by atoms with Crippen molar-refractivity contribution in [3.63, 3.8) is 0 Å². The Balaban J connectivity index is 1.48.